The van der Waals surface area contributed by atoms with Crippen molar-refractivity contribution in [3.05, 3.63) is 53.7 Å². The Morgan fingerprint density at radius 2 is 2.04 bits per heavy atom. The molecule has 2 heterocycles. The lowest BCUT2D eigenvalue weighted by molar-refractivity contribution is -0.137. The van der Waals surface area contributed by atoms with Crippen LogP contribution in [0.2, 0.25) is 0 Å². The Morgan fingerprint density at radius 1 is 1.29 bits per heavy atom. The van der Waals surface area contributed by atoms with E-state index < -0.39 is 17.7 Å². The predicted octanol–water partition coefficient (Wildman–Crippen LogP) is 3.09. The van der Waals surface area contributed by atoms with Crippen molar-refractivity contribution in [1.29, 1.82) is 0 Å². The van der Waals surface area contributed by atoms with Gasteiger partial charge in [-0.2, -0.15) is 13.2 Å². The Hall–Kier alpha value is -2.81. The Balaban J connectivity index is 0.00000280. The number of alkyl halides is 3. The molecule has 0 radical (unpaired) electrons. The summed E-state index contributed by atoms with van der Waals surface area (Å²) in [5.41, 5.74) is 5.53. The van der Waals surface area contributed by atoms with Crippen molar-refractivity contribution in [3.63, 3.8) is 0 Å². The van der Waals surface area contributed by atoms with Crippen LogP contribution in [-0.2, 0) is 22.3 Å². The van der Waals surface area contributed by atoms with Crippen molar-refractivity contribution in [2.75, 3.05) is 17.6 Å². The lowest BCUT2D eigenvalue weighted by Gasteiger charge is -2.17. The van der Waals surface area contributed by atoms with Gasteiger partial charge in [-0.05, 0) is 29.8 Å². The van der Waals surface area contributed by atoms with E-state index >= 15 is 0 Å². The van der Waals surface area contributed by atoms with Crippen molar-refractivity contribution in [2.45, 2.75) is 19.1 Å². The van der Waals surface area contributed by atoms with Gasteiger partial charge in [0.1, 0.15) is 5.82 Å². The number of halogens is 4. The largest absolute Gasteiger partial charge is 0.416 e. The van der Waals surface area contributed by atoms with Crippen LogP contribution in [0.5, 0.6) is 0 Å². The van der Waals surface area contributed by atoms with Gasteiger partial charge in [-0.1, -0.05) is 12.1 Å². The number of benzene rings is 1. The van der Waals surface area contributed by atoms with E-state index in [4.69, 9.17) is 5.73 Å². The normalized spacial score (nSPS) is 16.6. The highest BCUT2D eigenvalue weighted by Crippen LogP contribution is 2.30. The fraction of sp³-hybridized carbons (Fsp3) is 0.278. The molecule has 1 fully saturated rings. The molecule has 0 bridgehead atoms. The number of nitrogens with one attached hydrogen (secondary N) is 1. The molecular formula is C18H18ClF3N4O2. The van der Waals surface area contributed by atoms with Crippen molar-refractivity contribution in [2.24, 2.45) is 5.92 Å². The van der Waals surface area contributed by atoms with Crippen LogP contribution in [0.1, 0.15) is 17.5 Å². The first-order valence-corrected chi connectivity index (χ1v) is 8.18. The molecule has 1 aromatic heterocycles. The second-order valence-electron chi connectivity index (χ2n) is 6.33. The van der Waals surface area contributed by atoms with Crippen molar-refractivity contribution < 1.29 is 22.8 Å². The van der Waals surface area contributed by atoms with Crippen LogP contribution in [0.25, 0.3) is 0 Å². The second-order valence-corrected chi connectivity index (χ2v) is 6.33. The summed E-state index contributed by atoms with van der Waals surface area (Å²) in [5.74, 6) is -0.887. The molecule has 1 unspecified atom stereocenters. The number of nitrogen functional groups attached to an aromatic ring is 1. The van der Waals surface area contributed by atoms with E-state index in [2.05, 4.69) is 10.3 Å². The number of aromatic nitrogens is 1. The van der Waals surface area contributed by atoms with E-state index in [0.717, 1.165) is 12.1 Å². The molecule has 2 aromatic rings. The molecule has 28 heavy (non-hydrogen) atoms. The average molecular weight is 415 g/mol. The Morgan fingerprint density at radius 3 is 2.68 bits per heavy atom. The maximum absolute atomic E-state index is 12.8. The van der Waals surface area contributed by atoms with Crippen molar-refractivity contribution in [1.82, 2.24) is 9.88 Å². The van der Waals surface area contributed by atoms with Crippen LogP contribution in [0, 0.1) is 5.92 Å². The first-order chi connectivity index (χ1) is 12.7. The quantitative estimate of drug-likeness (QED) is 0.804. The fourth-order valence-electron chi connectivity index (χ4n) is 2.89. The maximum Gasteiger partial charge on any atom is 0.416 e. The van der Waals surface area contributed by atoms with E-state index in [1.54, 1.807) is 6.07 Å². The maximum atomic E-state index is 12.8. The zero-order valence-corrected chi connectivity index (χ0v) is 15.4. The van der Waals surface area contributed by atoms with E-state index in [1.807, 2.05) is 0 Å². The molecule has 3 N–H and O–H groups in total. The lowest BCUT2D eigenvalue weighted by atomic mass is 10.1. The molecule has 0 spiro atoms. The second kappa shape index (κ2) is 8.47. The third-order valence-electron chi connectivity index (χ3n) is 4.27. The van der Waals surface area contributed by atoms with Crippen LogP contribution < -0.4 is 11.1 Å². The summed E-state index contributed by atoms with van der Waals surface area (Å²) < 4.78 is 38.4. The monoisotopic (exact) mass is 414 g/mol. The van der Waals surface area contributed by atoms with E-state index in [1.165, 1.54) is 29.3 Å². The number of amides is 2. The highest BCUT2D eigenvalue weighted by molar-refractivity contribution is 5.97. The molecule has 2 amide bonds. The molecule has 0 saturated carbocycles. The average Bonchev–Trinajstić information content (AvgIpc) is 2.97. The Kier molecular flexibility index (Phi) is 6.50. The lowest BCUT2D eigenvalue weighted by Crippen LogP contribution is -2.28. The van der Waals surface area contributed by atoms with Crippen LogP contribution in [0.4, 0.5) is 24.7 Å². The molecule has 0 aliphatic carbocycles. The summed E-state index contributed by atoms with van der Waals surface area (Å²) in [5, 5.41) is 2.66. The molecule has 1 aromatic carbocycles. The molecule has 150 valence electrons. The van der Waals surface area contributed by atoms with Crippen LogP contribution in [0.15, 0.2) is 42.6 Å². The van der Waals surface area contributed by atoms with Gasteiger partial charge in [-0.3, -0.25) is 9.59 Å². The fourth-order valence-corrected chi connectivity index (χ4v) is 2.89. The number of rotatable bonds is 4. The van der Waals surface area contributed by atoms with E-state index in [0.29, 0.717) is 17.1 Å². The molecular weight excluding hydrogens is 397 g/mol. The Labute approximate surface area is 165 Å². The van der Waals surface area contributed by atoms with Crippen molar-refractivity contribution >= 4 is 35.7 Å². The highest BCUT2D eigenvalue weighted by atomic mass is 35.5. The van der Waals surface area contributed by atoms with Gasteiger partial charge >= 0.3 is 6.18 Å². The topological polar surface area (TPSA) is 88.3 Å². The number of anilines is 2. The molecule has 3 rings (SSSR count). The molecule has 1 aliphatic rings. The predicted molar refractivity (Wildman–Crippen MR) is 99.5 cm³/mol. The number of carbonyl (C=O) groups is 2. The van der Waals surface area contributed by atoms with Gasteiger partial charge in [0.05, 0.1) is 23.4 Å². The Bertz CT molecular complexity index is 859. The smallest absolute Gasteiger partial charge is 0.384 e. The summed E-state index contributed by atoms with van der Waals surface area (Å²) in [7, 11) is 0. The summed E-state index contributed by atoms with van der Waals surface area (Å²) in [6.07, 6.45) is -3.03. The highest BCUT2D eigenvalue weighted by Gasteiger charge is 2.35. The molecule has 1 aliphatic heterocycles. The molecule has 1 atom stereocenters. The van der Waals surface area contributed by atoms with Crippen LogP contribution in [0.3, 0.4) is 0 Å². The minimum atomic E-state index is -4.44. The number of hydrogen-bond acceptors (Lipinski definition) is 4. The summed E-state index contributed by atoms with van der Waals surface area (Å²) in [6, 6.07) is 7.95. The van der Waals surface area contributed by atoms with E-state index in [-0.39, 0.29) is 43.7 Å². The third kappa shape index (κ3) is 5.13. The number of nitrogens with zero attached hydrogens (tertiary/aromatic N) is 2. The van der Waals surface area contributed by atoms with Gasteiger partial charge in [0, 0.05) is 19.5 Å². The van der Waals surface area contributed by atoms with Crippen molar-refractivity contribution in [3.8, 4) is 0 Å². The number of hydrogen-bond donors (Lipinski definition) is 2. The van der Waals surface area contributed by atoms with Crippen LogP contribution in [-0.4, -0.2) is 28.2 Å². The molecule has 6 nitrogen and oxygen atoms in total. The molecule has 10 heteroatoms. The SMILES string of the molecule is Cl.Nc1ccc(NC(=O)C2CC(=O)N(Cc3cccc(C(F)(F)F)c3)C2)cn1. The summed E-state index contributed by atoms with van der Waals surface area (Å²) >= 11 is 0. The third-order valence-corrected chi connectivity index (χ3v) is 4.27. The first-order valence-electron chi connectivity index (χ1n) is 8.18. The minimum absolute atomic E-state index is 0. The van der Waals surface area contributed by atoms with Gasteiger partial charge in [0.2, 0.25) is 11.8 Å². The van der Waals surface area contributed by atoms with Crippen LogP contribution >= 0.6 is 12.4 Å². The summed E-state index contributed by atoms with van der Waals surface area (Å²) in [4.78, 5) is 29.8. The van der Waals surface area contributed by atoms with Gasteiger partial charge in [-0.15, -0.1) is 12.4 Å². The van der Waals surface area contributed by atoms with E-state index in [9.17, 15) is 22.8 Å². The standard InChI is InChI=1S/C18H17F3N4O2.ClH/c19-18(20,21)13-3-1-2-11(6-13)9-25-10-12(7-16(25)26)17(27)24-14-4-5-15(22)23-8-14;/h1-6,8,12H,7,9-10H2,(H2,22,23)(H,24,27);1H. The van der Waals surface area contributed by atoms with Gasteiger partial charge < -0.3 is 16.0 Å². The zero-order valence-electron chi connectivity index (χ0n) is 14.6. The number of nitrogens with two attached hydrogens (primary N) is 1. The van der Waals surface area contributed by atoms with Gasteiger partial charge in [0.25, 0.3) is 0 Å². The number of pyridine rings is 1. The number of likely N-dealkylation sites (tertiary alicyclic amines) is 1. The number of carbonyl (C=O) groups excluding carboxylic acids is 2. The van der Waals surface area contributed by atoms with Gasteiger partial charge in [0.15, 0.2) is 0 Å². The summed E-state index contributed by atoms with van der Waals surface area (Å²) in [6.45, 7) is 0.166. The first kappa shape index (κ1) is 21.5. The van der Waals surface area contributed by atoms with Gasteiger partial charge in [-0.25, -0.2) is 4.98 Å². The zero-order chi connectivity index (χ0) is 19.6. The molecule has 1 saturated heterocycles. The minimum Gasteiger partial charge on any atom is -0.384 e.